The molecule has 0 aliphatic heterocycles. The fourth-order valence-corrected chi connectivity index (χ4v) is 2.91. The lowest BCUT2D eigenvalue weighted by molar-refractivity contribution is -0.387. The van der Waals surface area contributed by atoms with Crippen molar-refractivity contribution < 1.29 is 19.6 Å². The third kappa shape index (κ3) is 4.35. The summed E-state index contributed by atoms with van der Waals surface area (Å²) in [5.74, 6) is -1.64. The Bertz CT molecular complexity index is 620. The molecule has 0 bridgehead atoms. The standard InChI is InChI=1S/C13H13ClN2O5S/c14-8-3-4-10(9(5-8)16(20)21)22-6-11(17)15-12(13(18)19)7-1-2-7/h3-5,7,12H,1-2,6H2,(H,15,17)(H,18,19). The van der Waals surface area contributed by atoms with Crippen LogP contribution in [0.15, 0.2) is 23.1 Å². The molecule has 0 heterocycles. The lowest BCUT2D eigenvalue weighted by atomic mass is 10.2. The van der Waals surface area contributed by atoms with Gasteiger partial charge in [0.2, 0.25) is 5.91 Å². The minimum absolute atomic E-state index is 0.0173. The van der Waals surface area contributed by atoms with Crippen LogP contribution in [0.2, 0.25) is 5.02 Å². The van der Waals surface area contributed by atoms with Crippen LogP contribution >= 0.6 is 23.4 Å². The van der Waals surface area contributed by atoms with Gasteiger partial charge in [0, 0.05) is 11.1 Å². The SMILES string of the molecule is O=C(CSc1ccc(Cl)cc1[N+](=O)[O-])NC(C(=O)O)C1CC1. The first kappa shape index (κ1) is 16.6. The highest BCUT2D eigenvalue weighted by molar-refractivity contribution is 8.00. The van der Waals surface area contributed by atoms with Crippen molar-refractivity contribution in [1.29, 1.82) is 0 Å². The number of aliphatic carboxylic acids is 1. The molecule has 1 unspecified atom stereocenters. The summed E-state index contributed by atoms with van der Waals surface area (Å²) in [6, 6.07) is 3.30. The Morgan fingerprint density at radius 3 is 2.73 bits per heavy atom. The first-order valence-electron chi connectivity index (χ1n) is 6.47. The summed E-state index contributed by atoms with van der Waals surface area (Å²) in [6.07, 6.45) is 1.57. The number of amides is 1. The number of halogens is 1. The molecule has 1 saturated carbocycles. The first-order chi connectivity index (χ1) is 10.4. The number of rotatable bonds is 7. The molecule has 1 atom stereocenters. The van der Waals surface area contributed by atoms with Crippen LogP contribution in [-0.4, -0.2) is 33.7 Å². The van der Waals surface area contributed by atoms with Crippen LogP contribution in [0.4, 0.5) is 5.69 Å². The van der Waals surface area contributed by atoms with E-state index in [9.17, 15) is 19.7 Å². The maximum absolute atomic E-state index is 11.8. The summed E-state index contributed by atoms with van der Waals surface area (Å²) in [4.78, 5) is 33.5. The second kappa shape index (κ2) is 6.97. The molecule has 1 aliphatic rings. The van der Waals surface area contributed by atoms with Crippen molar-refractivity contribution in [2.45, 2.75) is 23.8 Å². The average molecular weight is 345 g/mol. The molecule has 1 aromatic rings. The lowest BCUT2D eigenvalue weighted by Gasteiger charge is -2.13. The van der Waals surface area contributed by atoms with Gasteiger partial charge in [-0.3, -0.25) is 14.9 Å². The zero-order valence-corrected chi connectivity index (χ0v) is 12.9. The summed E-state index contributed by atoms with van der Waals surface area (Å²) >= 11 is 6.68. The van der Waals surface area contributed by atoms with E-state index in [-0.39, 0.29) is 22.4 Å². The molecule has 1 amide bonds. The predicted octanol–water partition coefficient (Wildman–Crippen LogP) is 2.32. The number of nitro benzene ring substituents is 1. The van der Waals surface area contributed by atoms with E-state index >= 15 is 0 Å². The molecule has 2 rings (SSSR count). The number of hydrogen-bond donors (Lipinski definition) is 2. The summed E-state index contributed by atoms with van der Waals surface area (Å²) in [6.45, 7) is 0. The maximum Gasteiger partial charge on any atom is 0.326 e. The van der Waals surface area contributed by atoms with E-state index in [4.69, 9.17) is 16.7 Å². The number of benzene rings is 1. The Morgan fingerprint density at radius 1 is 1.50 bits per heavy atom. The monoisotopic (exact) mass is 344 g/mol. The highest BCUT2D eigenvalue weighted by atomic mass is 35.5. The van der Waals surface area contributed by atoms with Gasteiger partial charge in [0.15, 0.2) is 0 Å². The van der Waals surface area contributed by atoms with Gasteiger partial charge in [-0.25, -0.2) is 4.79 Å². The van der Waals surface area contributed by atoms with E-state index in [1.807, 2.05) is 0 Å². The summed E-state index contributed by atoms with van der Waals surface area (Å²) in [5.41, 5.74) is -0.178. The molecule has 1 aromatic carbocycles. The van der Waals surface area contributed by atoms with Crippen molar-refractivity contribution in [2.24, 2.45) is 5.92 Å². The summed E-state index contributed by atoms with van der Waals surface area (Å²) in [7, 11) is 0. The Kier molecular flexibility index (Phi) is 5.25. The summed E-state index contributed by atoms with van der Waals surface area (Å²) in [5, 5.41) is 22.7. The number of thioether (sulfide) groups is 1. The fourth-order valence-electron chi connectivity index (χ4n) is 1.92. The lowest BCUT2D eigenvalue weighted by Crippen LogP contribution is -2.43. The van der Waals surface area contributed by atoms with Crippen molar-refractivity contribution in [3.05, 3.63) is 33.3 Å². The maximum atomic E-state index is 11.8. The minimum atomic E-state index is -1.06. The van der Waals surface area contributed by atoms with Crippen LogP contribution < -0.4 is 5.32 Å². The van der Waals surface area contributed by atoms with Crippen molar-refractivity contribution in [3.63, 3.8) is 0 Å². The highest BCUT2D eigenvalue weighted by Gasteiger charge is 2.37. The predicted molar refractivity (Wildman–Crippen MR) is 81.1 cm³/mol. The molecule has 9 heteroatoms. The van der Waals surface area contributed by atoms with Gasteiger partial charge in [-0.1, -0.05) is 11.6 Å². The van der Waals surface area contributed by atoms with Crippen LogP contribution in [0, 0.1) is 16.0 Å². The van der Waals surface area contributed by atoms with Crippen LogP contribution in [-0.2, 0) is 9.59 Å². The number of nitrogens with zero attached hydrogens (tertiary/aromatic N) is 1. The van der Waals surface area contributed by atoms with Crippen molar-refractivity contribution >= 4 is 40.9 Å². The number of carboxylic acids is 1. The van der Waals surface area contributed by atoms with E-state index in [0.29, 0.717) is 4.90 Å². The van der Waals surface area contributed by atoms with Gasteiger partial charge < -0.3 is 10.4 Å². The van der Waals surface area contributed by atoms with Crippen molar-refractivity contribution in [2.75, 3.05) is 5.75 Å². The molecule has 0 aromatic heterocycles. The Hall–Kier alpha value is -1.80. The molecule has 1 fully saturated rings. The van der Waals surface area contributed by atoms with Crippen LogP contribution in [0.5, 0.6) is 0 Å². The normalized spacial score (nSPS) is 15.1. The largest absolute Gasteiger partial charge is 0.480 e. The second-order valence-electron chi connectivity index (χ2n) is 4.88. The zero-order valence-electron chi connectivity index (χ0n) is 11.3. The zero-order chi connectivity index (χ0) is 16.3. The van der Waals surface area contributed by atoms with Crippen LogP contribution in [0.3, 0.4) is 0 Å². The Balaban J connectivity index is 1.96. The smallest absolute Gasteiger partial charge is 0.326 e. The van der Waals surface area contributed by atoms with Gasteiger partial charge in [-0.05, 0) is 30.9 Å². The molecule has 22 heavy (non-hydrogen) atoms. The fraction of sp³-hybridized carbons (Fsp3) is 0.385. The van der Waals surface area contributed by atoms with Gasteiger partial charge in [0.25, 0.3) is 5.69 Å². The van der Waals surface area contributed by atoms with E-state index in [1.54, 1.807) is 0 Å². The number of hydrogen-bond acceptors (Lipinski definition) is 5. The molecule has 7 nitrogen and oxygen atoms in total. The second-order valence-corrected chi connectivity index (χ2v) is 6.33. The summed E-state index contributed by atoms with van der Waals surface area (Å²) < 4.78 is 0. The molecule has 1 aliphatic carbocycles. The number of carboxylic acid groups (broad SMARTS) is 1. The third-order valence-corrected chi connectivity index (χ3v) is 4.45. The minimum Gasteiger partial charge on any atom is -0.480 e. The van der Waals surface area contributed by atoms with Crippen LogP contribution in [0.25, 0.3) is 0 Å². The first-order valence-corrected chi connectivity index (χ1v) is 7.83. The number of nitrogens with one attached hydrogen (secondary N) is 1. The van der Waals surface area contributed by atoms with Gasteiger partial charge in [0.1, 0.15) is 6.04 Å². The van der Waals surface area contributed by atoms with E-state index in [0.717, 1.165) is 24.6 Å². The Morgan fingerprint density at radius 2 is 2.18 bits per heavy atom. The molecule has 0 spiro atoms. The Labute approximate surface area is 135 Å². The number of carbonyl (C=O) groups is 2. The van der Waals surface area contributed by atoms with Gasteiger partial charge >= 0.3 is 5.97 Å². The third-order valence-electron chi connectivity index (χ3n) is 3.15. The number of carbonyl (C=O) groups excluding carboxylic acids is 1. The molecular weight excluding hydrogens is 332 g/mol. The van der Waals surface area contributed by atoms with Crippen LogP contribution in [0.1, 0.15) is 12.8 Å². The van der Waals surface area contributed by atoms with Gasteiger partial charge in [-0.15, -0.1) is 11.8 Å². The van der Waals surface area contributed by atoms with E-state index in [1.165, 1.54) is 18.2 Å². The molecule has 0 radical (unpaired) electrons. The highest BCUT2D eigenvalue weighted by Crippen LogP contribution is 2.33. The quantitative estimate of drug-likeness (QED) is 0.446. The average Bonchev–Trinajstić information content (AvgIpc) is 3.27. The molecular formula is C13H13ClN2O5S. The van der Waals surface area contributed by atoms with Gasteiger partial charge in [-0.2, -0.15) is 0 Å². The molecule has 0 saturated heterocycles. The van der Waals surface area contributed by atoms with E-state index in [2.05, 4.69) is 5.32 Å². The topological polar surface area (TPSA) is 110 Å². The van der Waals surface area contributed by atoms with Crippen molar-refractivity contribution in [3.8, 4) is 0 Å². The number of nitro groups is 1. The van der Waals surface area contributed by atoms with E-state index < -0.39 is 22.8 Å². The molecule has 118 valence electrons. The molecule has 2 N–H and O–H groups in total. The van der Waals surface area contributed by atoms with Crippen molar-refractivity contribution in [1.82, 2.24) is 5.32 Å². The van der Waals surface area contributed by atoms with Gasteiger partial charge in [0.05, 0.1) is 15.6 Å².